The molecule has 0 unspecified atom stereocenters. The third-order valence-corrected chi connectivity index (χ3v) is 11.4. The lowest BCUT2D eigenvalue weighted by atomic mass is 9.95. The molecule has 0 amide bonds. The van der Waals surface area contributed by atoms with E-state index in [9.17, 15) is 0 Å². The molecule has 0 aliphatic heterocycles. The van der Waals surface area contributed by atoms with Crippen LogP contribution in [-0.2, 0) is 0 Å². The number of hydrogen-bond donors (Lipinski definition) is 0. The number of anilines is 3. The zero-order valence-corrected chi connectivity index (χ0v) is 31.7. The van der Waals surface area contributed by atoms with E-state index in [2.05, 4.69) is 229 Å². The molecule has 0 saturated carbocycles. The summed E-state index contributed by atoms with van der Waals surface area (Å²) in [5.41, 5.74) is 14.1. The summed E-state index contributed by atoms with van der Waals surface area (Å²) in [6, 6.07) is 80.7. The fraction of sp³-hybridized carbons (Fsp3) is 0. The van der Waals surface area contributed by atoms with Gasteiger partial charge < -0.3 is 9.32 Å². The summed E-state index contributed by atoms with van der Waals surface area (Å²) in [5, 5.41) is 7.03. The Bertz CT molecular complexity index is 3300. The molecule has 2 heteroatoms. The van der Waals surface area contributed by atoms with E-state index in [0.29, 0.717) is 0 Å². The SMILES string of the molecule is c1ccc(-c2cccc(-c3ccccc3N(c3cccc(-c4ccc5ccccc5c4)c3)c3ccc(-c4ccc5ccccc5c4)c4oc5ccccc5c34)c2)cc1. The second-order valence-corrected chi connectivity index (χ2v) is 14.9. The van der Waals surface area contributed by atoms with Gasteiger partial charge in [-0.1, -0.05) is 170 Å². The van der Waals surface area contributed by atoms with Crippen molar-refractivity contribution >= 4 is 60.5 Å². The maximum absolute atomic E-state index is 6.90. The van der Waals surface area contributed by atoms with Crippen molar-refractivity contribution < 1.29 is 4.42 Å². The number of para-hydroxylation sites is 2. The summed E-state index contributed by atoms with van der Waals surface area (Å²) < 4.78 is 6.90. The van der Waals surface area contributed by atoms with Gasteiger partial charge in [-0.2, -0.15) is 0 Å². The Labute approximate surface area is 337 Å². The maximum atomic E-state index is 6.90. The molecule has 0 atom stereocenters. The van der Waals surface area contributed by atoms with Gasteiger partial charge in [0.15, 0.2) is 0 Å². The Morgan fingerprint density at radius 2 is 0.879 bits per heavy atom. The van der Waals surface area contributed by atoms with E-state index in [1.807, 2.05) is 0 Å². The molecular formula is C56H37NO. The Kier molecular flexibility index (Phi) is 8.19. The Hall–Kier alpha value is -7.68. The third-order valence-electron chi connectivity index (χ3n) is 11.4. The number of furan rings is 1. The smallest absolute Gasteiger partial charge is 0.145 e. The van der Waals surface area contributed by atoms with Crippen LogP contribution in [-0.4, -0.2) is 0 Å². The van der Waals surface area contributed by atoms with Crippen molar-refractivity contribution in [2.24, 2.45) is 0 Å². The quantitative estimate of drug-likeness (QED) is 0.162. The van der Waals surface area contributed by atoms with Crippen molar-refractivity contribution in [1.82, 2.24) is 0 Å². The normalized spacial score (nSPS) is 11.4. The number of fused-ring (bicyclic) bond motifs is 5. The summed E-state index contributed by atoms with van der Waals surface area (Å²) in [6.45, 7) is 0. The molecule has 0 fully saturated rings. The van der Waals surface area contributed by atoms with Gasteiger partial charge in [0.05, 0.1) is 16.8 Å². The van der Waals surface area contributed by atoms with Crippen LogP contribution in [0.2, 0.25) is 0 Å². The standard InChI is InChI=1S/C56H37NO/c1-2-14-38(15-3-1)43-20-12-22-46(35-43)49-24-8-10-26-52(49)57(48-23-13-21-44(37-48)45-30-28-39-16-4-6-18-41(39)34-45)53-33-32-50(47-31-29-40-17-5-7-19-42(40)36-47)56-55(53)51-25-9-11-27-54(51)58-56/h1-37H. The van der Waals surface area contributed by atoms with Gasteiger partial charge in [0.2, 0.25) is 0 Å². The van der Waals surface area contributed by atoms with Gasteiger partial charge in [0, 0.05) is 22.2 Å². The van der Waals surface area contributed by atoms with Crippen LogP contribution < -0.4 is 4.90 Å². The van der Waals surface area contributed by atoms with Crippen molar-refractivity contribution in [3.8, 4) is 44.5 Å². The Morgan fingerprint density at radius 1 is 0.310 bits per heavy atom. The van der Waals surface area contributed by atoms with Crippen LogP contribution in [0.4, 0.5) is 17.1 Å². The van der Waals surface area contributed by atoms with Crippen molar-refractivity contribution in [3.05, 3.63) is 224 Å². The van der Waals surface area contributed by atoms with Gasteiger partial charge in [-0.15, -0.1) is 0 Å². The van der Waals surface area contributed by atoms with Crippen molar-refractivity contribution in [2.75, 3.05) is 4.90 Å². The average molecular weight is 740 g/mol. The summed E-state index contributed by atoms with van der Waals surface area (Å²) in [6.07, 6.45) is 0. The molecule has 0 radical (unpaired) electrons. The predicted molar refractivity (Wildman–Crippen MR) is 245 cm³/mol. The lowest BCUT2D eigenvalue weighted by Crippen LogP contribution is -2.12. The number of hydrogen-bond acceptors (Lipinski definition) is 2. The molecule has 1 aromatic heterocycles. The lowest BCUT2D eigenvalue weighted by molar-refractivity contribution is 0.670. The van der Waals surface area contributed by atoms with E-state index >= 15 is 0 Å². The fourth-order valence-corrected chi connectivity index (χ4v) is 8.59. The molecular weight excluding hydrogens is 703 g/mol. The molecule has 11 aromatic rings. The second kappa shape index (κ2) is 14.1. The minimum Gasteiger partial charge on any atom is -0.455 e. The predicted octanol–water partition coefficient (Wildman–Crippen LogP) is 16.0. The molecule has 0 aliphatic carbocycles. The molecule has 0 spiro atoms. The Morgan fingerprint density at radius 3 is 1.69 bits per heavy atom. The molecule has 0 bridgehead atoms. The van der Waals surface area contributed by atoms with Gasteiger partial charge in [-0.3, -0.25) is 0 Å². The monoisotopic (exact) mass is 739 g/mol. The van der Waals surface area contributed by atoms with Crippen molar-refractivity contribution in [2.45, 2.75) is 0 Å². The number of rotatable bonds is 7. The van der Waals surface area contributed by atoms with Gasteiger partial charge in [-0.25, -0.2) is 0 Å². The molecule has 2 nitrogen and oxygen atoms in total. The highest BCUT2D eigenvalue weighted by atomic mass is 16.3. The highest BCUT2D eigenvalue weighted by Gasteiger charge is 2.24. The number of benzene rings is 10. The van der Waals surface area contributed by atoms with E-state index in [4.69, 9.17) is 4.42 Å². The number of nitrogens with zero attached hydrogens (tertiary/aromatic N) is 1. The minimum atomic E-state index is 0.862. The van der Waals surface area contributed by atoms with Crippen molar-refractivity contribution in [1.29, 1.82) is 0 Å². The first-order valence-electron chi connectivity index (χ1n) is 19.8. The zero-order valence-electron chi connectivity index (χ0n) is 31.7. The van der Waals surface area contributed by atoms with Gasteiger partial charge in [0.25, 0.3) is 0 Å². The van der Waals surface area contributed by atoms with E-state index in [1.54, 1.807) is 0 Å². The van der Waals surface area contributed by atoms with Crippen LogP contribution in [0.1, 0.15) is 0 Å². The first-order valence-corrected chi connectivity index (χ1v) is 19.8. The molecule has 10 aromatic carbocycles. The van der Waals surface area contributed by atoms with Crippen molar-refractivity contribution in [3.63, 3.8) is 0 Å². The first-order chi connectivity index (χ1) is 28.7. The summed E-state index contributed by atoms with van der Waals surface area (Å²) in [5.74, 6) is 0. The van der Waals surface area contributed by atoms with E-state index in [-0.39, 0.29) is 0 Å². The molecule has 0 aliphatic rings. The Balaban J connectivity index is 1.17. The molecule has 0 N–H and O–H groups in total. The fourth-order valence-electron chi connectivity index (χ4n) is 8.59. The minimum absolute atomic E-state index is 0.862. The van der Waals surface area contributed by atoms with E-state index < -0.39 is 0 Å². The van der Waals surface area contributed by atoms with Crippen LogP contribution in [0.15, 0.2) is 229 Å². The average Bonchev–Trinajstić information content (AvgIpc) is 3.70. The van der Waals surface area contributed by atoms with Crippen LogP contribution >= 0.6 is 0 Å². The van der Waals surface area contributed by atoms with Crippen LogP contribution in [0.25, 0.3) is 88.0 Å². The van der Waals surface area contributed by atoms with Crippen LogP contribution in [0, 0.1) is 0 Å². The highest BCUT2D eigenvalue weighted by Crippen LogP contribution is 2.49. The topological polar surface area (TPSA) is 16.4 Å². The summed E-state index contributed by atoms with van der Waals surface area (Å²) in [4.78, 5) is 2.43. The second-order valence-electron chi connectivity index (χ2n) is 14.9. The molecule has 272 valence electrons. The first kappa shape index (κ1) is 33.6. The highest BCUT2D eigenvalue weighted by molar-refractivity contribution is 6.17. The lowest BCUT2D eigenvalue weighted by Gasteiger charge is -2.29. The molecule has 1 heterocycles. The summed E-state index contributed by atoms with van der Waals surface area (Å²) in [7, 11) is 0. The molecule has 58 heavy (non-hydrogen) atoms. The van der Waals surface area contributed by atoms with E-state index in [0.717, 1.165) is 66.8 Å². The molecule has 0 saturated heterocycles. The largest absolute Gasteiger partial charge is 0.455 e. The van der Waals surface area contributed by atoms with Crippen LogP contribution in [0.5, 0.6) is 0 Å². The van der Waals surface area contributed by atoms with Gasteiger partial charge in [-0.05, 0) is 110 Å². The van der Waals surface area contributed by atoms with Crippen LogP contribution in [0.3, 0.4) is 0 Å². The summed E-state index contributed by atoms with van der Waals surface area (Å²) >= 11 is 0. The molecule has 11 rings (SSSR count). The third kappa shape index (κ3) is 5.91. The maximum Gasteiger partial charge on any atom is 0.145 e. The zero-order chi connectivity index (χ0) is 38.4. The van der Waals surface area contributed by atoms with Gasteiger partial charge in [0.1, 0.15) is 11.2 Å². The van der Waals surface area contributed by atoms with Gasteiger partial charge >= 0.3 is 0 Å². The van der Waals surface area contributed by atoms with E-state index in [1.165, 1.54) is 38.2 Å².